The molecule has 1 heterocycles. The third-order valence-corrected chi connectivity index (χ3v) is 4.80. The number of benzene rings is 2. The normalized spacial score (nSPS) is 10.6. The van der Waals surface area contributed by atoms with Crippen LogP contribution in [-0.4, -0.2) is 27.6 Å². The minimum Gasteiger partial charge on any atom is -0.352 e. The molecule has 0 saturated carbocycles. The van der Waals surface area contributed by atoms with Crippen molar-refractivity contribution in [1.82, 2.24) is 20.5 Å². The van der Waals surface area contributed by atoms with Gasteiger partial charge in [0.2, 0.25) is 0 Å². The average molecular weight is 373 g/mol. The van der Waals surface area contributed by atoms with Crippen LogP contribution in [0, 0.1) is 0 Å². The first-order valence-electron chi connectivity index (χ1n) is 7.80. The molecule has 25 heavy (non-hydrogen) atoms. The van der Waals surface area contributed by atoms with Crippen molar-refractivity contribution in [3.8, 4) is 0 Å². The second kappa shape index (κ2) is 8.69. The smallest absolute Gasteiger partial charge is 0.251 e. The molecule has 128 valence electrons. The van der Waals surface area contributed by atoms with E-state index in [9.17, 15) is 4.79 Å². The Hall–Kier alpha value is -2.31. The number of amides is 1. The van der Waals surface area contributed by atoms with E-state index in [1.165, 1.54) is 6.33 Å². The highest BCUT2D eigenvalue weighted by molar-refractivity contribution is 7.98. The number of nitrogens with one attached hydrogen (secondary N) is 2. The summed E-state index contributed by atoms with van der Waals surface area (Å²) < 4.78 is 0. The Balaban J connectivity index is 1.46. The molecule has 2 aromatic carbocycles. The third-order valence-electron chi connectivity index (χ3n) is 3.60. The summed E-state index contributed by atoms with van der Waals surface area (Å²) in [5, 5.41) is 11.1. The van der Waals surface area contributed by atoms with Gasteiger partial charge in [-0.15, -0.1) is 0 Å². The maximum atomic E-state index is 12.2. The number of rotatable bonds is 7. The lowest BCUT2D eigenvalue weighted by molar-refractivity contribution is 0.0954. The lowest BCUT2D eigenvalue weighted by Gasteiger charge is -2.06. The monoisotopic (exact) mass is 372 g/mol. The number of carbonyl (C=O) groups is 1. The van der Waals surface area contributed by atoms with E-state index in [0.717, 1.165) is 28.5 Å². The molecule has 2 N–H and O–H groups in total. The van der Waals surface area contributed by atoms with E-state index >= 15 is 0 Å². The van der Waals surface area contributed by atoms with Gasteiger partial charge >= 0.3 is 0 Å². The number of aromatic amines is 1. The topological polar surface area (TPSA) is 70.7 Å². The van der Waals surface area contributed by atoms with E-state index in [1.54, 1.807) is 11.8 Å². The van der Waals surface area contributed by atoms with Crippen molar-refractivity contribution in [3.63, 3.8) is 0 Å². The number of hydrogen-bond donors (Lipinski definition) is 2. The zero-order valence-corrected chi connectivity index (χ0v) is 15.0. The van der Waals surface area contributed by atoms with E-state index in [1.807, 2.05) is 48.5 Å². The van der Waals surface area contributed by atoms with E-state index in [4.69, 9.17) is 11.6 Å². The van der Waals surface area contributed by atoms with Gasteiger partial charge in [0.25, 0.3) is 5.91 Å². The van der Waals surface area contributed by atoms with Crippen LogP contribution in [-0.2, 0) is 12.2 Å². The van der Waals surface area contributed by atoms with Crippen LogP contribution < -0.4 is 5.32 Å². The predicted molar refractivity (Wildman–Crippen MR) is 99.9 cm³/mol. The van der Waals surface area contributed by atoms with Gasteiger partial charge in [-0.05, 0) is 41.8 Å². The summed E-state index contributed by atoms with van der Waals surface area (Å²) in [7, 11) is 0. The fourth-order valence-corrected chi connectivity index (χ4v) is 3.10. The summed E-state index contributed by atoms with van der Waals surface area (Å²) in [5.41, 5.74) is 2.92. The molecule has 1 amide bonds. The van der Waals surface area contributed by atoms with Gasteiger partial charge in [0.05, 0.1) is 0 Å². The second-order valence-electron chi connectivity index (χ2n) is 5.41. The van der Waals surface area contributed by atoms with E-state index in [-0.39, 0.29) is 5.91 Å². The number of hydrogen-bond acceptors (Lipinski definition) is 4. The van der Waals surface area contributed by atoms with Gasteiger partial charge < -0.3 is 5.32 Å². The number of halogens is 1. The van der Waals surface area contributed by atoms with Crippen LogP contribution in [0.4, 0.5) is 0 Å². The summed E-state index contributed by atoms with van der Waals surface area (Å²) in [6.45, 7) is 0.587. The van der Waals surface area contributed by atoms with Crippen molar-refractivity contribution >= 4 is 29.3 Å². The third kappa shape index (κ3) is 5.34. The Morgan fingerprint density at radius 2 is 1.80 bits per heavy atom. The molecule has 0 radical (unpaired) electrons. The van der Waals surface area contributed by atoms with Crippen molar-refractivity contribution < 1.29 is 4.79 Å². The summed E-state index contributed by atoms with van der Waals surface area (Å²) in [6, 6.07) is 15.2. The van der Waals surface area contributed by atoms with Crippen molar-refractivity contribution in [2.45, 2.75) is 17.3 Å². The maximum absolute atomic E-state index is 12.2. The highest BCUT2D eigenvalue weighted by atomic mass is 35.5. The molecule has 0 spiro atoms. The first-order chi connectivity index (χ1) is 12.2. The van der Waals surface area contributed by atoms with Gasteiger partial charge in [0.1, 0.15) is 6.33 Å². The Bertz CT molecular complexity index is 804. The molecule has 3 rings (SSSR count). The molecule has 0 aliphatic carbocycles. The van der Waals surface area contributed by atoms with Crippen LogP contribution in [0.25, 0.3) is 0 Å². The molecular formula is C18H17ClN4OS. The van der Waals surface area contributed by atoms with Gasteiger partial charge in [-0.3, -0.25) is 9.89 Å². The maximum Gasteiger partial charge on any atom is 0.251 e. The average Bonchev–Trinajstić information content (AvgIpc) is 3.15. The number of H-pyrrole nitrogens is 1. The van der Waals surface area contributed by atoms with Crippen LogP contribution in [0.1, 0.15) is 21.5 Å². The standard InChI is InChI=1S/C18H17ClN4OS/c19-16-7-3-13(4-8-16)9-10-20-17(24)15-5-1-14(2-6-15)11-25-18-21-12-22-23-18/h1-8,12H,9-11H2,(H,20,24)(H,21,22,23). The molecule has 0 unspecified atom stereocenters. The summed E-state index contributed by atoms with van der Waals surface area (Å²) >= 11 is 7.43. The molecule has 0 aliphatic rings. The lowest BCUT2D eigenvalue weighted by Crippen LogP contribution is -2.25. The highest BCUT2D eigenvalue weighted by Crippen LogP contribution is 2.18. The zero-order chi connectivity index (χ0) is 17.5. The van der Waals surface area contributed by atoms with Crippen molar-refractivity contribution in [2.24, 2.45) is 0 Å². The van der Waals surface area contributed by atoms with Gasteiger partial charge in [-0.1, -0.05) is 47.6 Å². The minimum atomic E-state index is -0.0663. The van der Waals surface area contributed by atoms with Crippen LogP contribution in [0.5, 0.6) is 0 Å². The molecule has 0 saturated heterocycles. The first-order valence-corrected chi connectivity index (χ1v) is 9.17. The second-order valence-corrected chi connectivity index (χ2v) is 6.81. The Morgan fingerprint density at radius 3 is 2.48 bits per heavy atom. The molecule has 5 nitrogen and oxygen atoms in total. The summed E-state index contributed by atoms with van der Waals surface area (Å²) in [5.74, 6) is 0.705. The van der Waals surface area contributed by atoms with Crippen molar-refractivity contribution in [1.29, 1.82) is 0 Å². The molecule has 1 aromatic heterocycles. The fraction of sp³-hybridized carbons (Fsp3) is 0.167. The fourth-order valence-electron chi connectivity index (χ4n) is 2.24. The zero-order valence-electron chi connectivity index (χ0n) is 13.4. The van der Waals surface area contributed by atoms with Crippen LogP contribution in [0.2, 0.25) is 5.02 Å². The van der Waals surface area contributed by atoms with Gasteiger partial charge in [-0.25, -0.2) is 4.98 Å². The SMILES string of the molecule is O=C(NCCc1ccc(Cl)cc1)c1ccc(CSc2ncn[nH]2)cc1. The predicted octanol–water partition coefficient (Wildman–Crippen LogP) is 3.72. The van der Waals surface area contributed by atoms with Gasteiger partial charge in [-0.2, -0.15) is 5.10 Å². The Labute approximate surface area is 155 Å². The van der Waals surface area contributed by atoms with Crippen LogP contribution in [0.15, 0.2) is 60.0 Å². The molecule has 0 fully saturated rings. The van der Waals surface area contributed by atoms with Crippen molar-refractivity contribution in [3.05, 3.63) is 76.6 Å². The Kier molecular flexibility index (Phi) is 6.09. The van der Waals surface area contributed by atoms with Gasteiger partial charge in [0.15, 0.2) is 5.16 Å². The van der Waals surface area contributed by atoms with Crippen LogP contribution >= 0.6 is 23.4 Å². The molecule has 0 aliphatic heterocycles. The van der Waals surface area contributed by atoms with E-state index < -0.39 is 0 Å². The van der Waals surface area contributed by atoms with E-state index in [0.29, 0.717) is 17.1 Å². The molecule has 0 atom stereocenters. The van der Waals surface area contributed by atoms with Crippen molar-refractivity contribution in [2.75, 3.05) is 6.54 Å². The van der Waals surface area contributed by atoms with E-state index in [2.05, 4.69) is 20.5 Å². The molecular weight excluding hydrogens is 356 g/mol. The minimum absolute atomic E-state index is 0.0663. The number of aromatic nitrogens is 3. The quantitative estimate of drug-likeness (QED) is 0.620. The van der Waals surface area contributed by atoms with Gasteiger partial charge in [0, 0.05) is 22.9 Å². The molecule has 7 heteroatoms. The number of thioether (sulfide) groups is 1. The summed E-state index contributed by atoms with van der Waals surface area (Å²) in [6.07, 6.45) is 2.26. The highest BCUT2D eigenvalue weighted by Gasteiger charge is 2.06. The Morgan fingerprint density at radius 1 is 1.08 bits per heavy atom. The molecule has 3 aromatic rings. The largest absolute Gasteiger partial charge is 0.352 e. The first kappa shape index (κ1) is 17.5. The molecule has 0 bridgehead atoms. The number of nitrogens with zero attached hydrogens (tertiary/aromatic N) is 2. The summed E-state index contributed by atoms with van der Waals surface area (Å²) in [4.78, 5) is 16.2. The van der Waals surface area contributed by atoms with Crippen LogP contribution in [0.3, 0.4) is 0 Å². The lowest BCUT2D eigenvalue weighted by atomic mass is 10.1. The number of carbonyl (C=O) groups excluding carboxylic acids is 1.